The van der Waals surface area contributed by atoms with Gasteiger partial charge in [-0.1, -0.05) is 24.3 Å². The minimum Gasteiger partial charge on any atom is -0.490 e. The van der Waals surface area contributed by atoms with Crippen LogP contribution in [0.1, 0.15) is 78.6 Å². The third-order valence-corrected chi connectivity index (χ3v) is 9.16. The third-order valence-electron chi connectivity index (χ3n) is 8.06. The summed E-state index contributed by atoms with van der Waals surface area (Å²) in [5, 5.41) is 13.3. The van der Waals surface area contributed by atoms with E-state index in [1.165, 1.54) is 16.9 Å². The number of amides is 1. The van der Waals surface area contributed by atoms with Gasteiger partial charge in [-0.2, -0.15) is 0 Å². The van der Waals surface area contributed by atoms with Crippen LogP contribution in [-0.4, -0.2) is 35.3 Å². The lowest BCUT2D eigenvalue weighted by Crippen LogP contribution is -2.37. The number of carbonyl (C=O) groups is 2. The Hall–Kier alpha value is -2.98. The van der Waals surface area contributed by atoms with Crippen molar-refractivity contribution >= 4 is 33.3 Å². The molecule has 0 radical (unpaired) electrons. The molecule has 2 aliphatic rings. The normalized spacial score (nSPS) is 20.4. The van der Waals surface area contributed by atoms with E-state index in [9.17, 15) is 9.59 Å². The predicted octanol–water partition coefficient (Wildman–Crippen LogP) is 5.45. The number of nitrogens with one attached hydrogen (secondary N) is 2. The fraction of sp³-hybridized carbons (Fsp3) is 0.484. The van der Waals surface area contributed by atoms with Crippen molar-refractivity contribution in [1.29, 1.82) is 0 Å². The number of carbonyl (C=O) groups excluding carboxylic acids is 2. The van der Waals surface area contributed by atoms with E-state index in [1.54, 1.807) is 11.5 Å². The molecule has 1 amide bonds. The number of rotatable bonds is 11. The Morgan fingerprint density at radius 2 is 1.62 bits per heavy atom. The first-order valence-electron chi connectivity index (χ1n) is 14.4. The minimum absolute atomic E-state index is 0.0745. The zero-order valence-corrected chi connectivity index (χ0v) is 23.6. The van der Waals surface area contributed by atoms with E-state index in [0.717, 1.165) is 79.3 Å². The molecule has 1 atom stereocenters. The van der Waals surface area contributed by atoms with Crippen LogP contribution >= 0.6 is 11.3 Å². The molecule has 0 saturated heterocycles. The number of hydrogen-bond acceptors (Lipinski definition) is 8. The number of thiophene rings is 1. The van der Waals surface area contributed by atoms with Crippen LogP contribution in [-0.2, 0) is 22.6 Å². The highest BCUT2D eigenvalue weighted by Crippen LogP contribution is 2.31. The van der Waals surface area contributed by atoms with Crippen LogP contribution < -0.4 is 21.3 Å². The standard InChI is InChI=1S/C31H39N3O5S/c32-27(31(36)39-24-3-1-2-4-24)15-20-6-11-25(12-7-20)38-26-13-8-21(9-14-26)18-33-19-22-5-10-23-17-29(30(35)34-37)40-28(23)16-22/h5,8-10,13-14,16-17,20,24-25,27,33,37H,1-4,6-7,11-12,15,18-19,32H2,(H,34,35). The maximum absolute atomic E-state index is 12.3. The average molecular weight is 566 g/mol. The van der Waals surface area contributed by atoms with E-state index in [4.69, 9.17) is 20.4 Å². The topological polar surface area (TPSA) is 123 Å². The summed E-state index contributed by atoms with van der Waals surface area (Å²) in [6.45, 7) is 1.44. The zero-order valence-electron chi connectivity index (χ0n) is 22.8. The average Bonchev–Trinajstić information content (AvgIpc) is 3.64. The van der Waals surface area contributed by atoms with E-state index in [2.05, 4.69) is 23.5 Å². The lowest BCUT2D eigenvalue weighted by atomic mass is 9.83. The summed E-state index contributed by atoms with van der Waals surface area (Å²) in [5.74, 6) is 0.614. The minimum atomic E-state index is -0.518. The van der Waals surface area contributed by atoms with Crippen LogP contribution in [0.15, 0.2) is 48.5 Å². The molecule has 0 spiro atoms. The van der Waals surface area contributed by atoms with Crippen molar-refractivity contribution in [1.82, 2.24) is 10.8 Å². The largest absolute Gasteiger partial charge is 0.490 e. The van der Waals surface area contributed by atoms with Crippen molar-refractivity contribution in [3.63, 3.8) is 0 Å². The molecule has 40 heavy (non-hydrogen) atoms. The molecule has 0 bridgehead atoms. The SMILES string of the molecule is NC(CC1CCC(Oc2ccc(CNCc3ccc4cc(C(=O)NO)sc4c3)cc2)CC1)C(=O)OC1CCCC1. The van der Waals surface area contributed by atoms with Crippen LogP contribution in [0, 0.1) is 5.92 Å². The second kappa shape index (κ2) is 13.6. The summed E-state index contributed by atoms with van der Waals surface area (Å²) in [6.07, 6.45) is 9.17. The molecular formula is C31H39N3O5S. The van der Waals surface area contributed by atoms with E-state index in [1.807, 2.05) is 24.3 Å². The molecule has 2 aromatic carbocycles. The molecule has 2 fully saturated rings. The maximum atomic E-state index is 12.3. The summed E-state index contributed by atoms with van der Waals surface area (Å²) >= 11 is 1.36. The van der Waals surface area contributed by atoms with Gasteiger partial charge in [0.2, 0.25) is 0 Å². The second-order valence-electron chi connectivity index (χ2n) is 11.1. The fourth-order valence-corrected chi connectivity index (χ4v) is 6.80. The highest BCUT2D eigenvalue weighted by atomic mass is 32.1. The Kier molecular flexibility index (Phi) is 9.70. The van der Waals surface area contributed by atoms with Crippen molar-refractivity contribution in [2.75, 3.05) is 0 Å². The monoisotopic (exact) mass is 565 g/mol. The lowest BCUT2D eigenvalue weighted by Gasteiger charge is -2.30. The quantitative estimate of drug-likeness (QED) is 0.138. The molecule has 214 valence electrons. The van der Waals surface area contributed by atoms with Gasteiger partial charge in [0.1, 0.15) is 17.9 Å². The van der Waals surface area contributed by atoms with Gasteiger partial charge in [0, 0.05) is 17.8 Å². The van der Waals surface area contributed by atoms with E-state index >= 15 is 0 Å². The van der Waals surface area contributed by atoms with Gasteiger partial charge in [-0.25, -0.2) is 5.48 Å². The van der Waals surface area contributed by atoms with Gasteiger partial charge in [-0.15, -0.1) is 11.3 Å². The van der Waals surface area contributed by atoms with Gasteiger partial charge >= 0.3 is 5.97 Å². The first-order chi connectivity index (χ1) is 19.5. The number of benzene rings is 2. The summed E-state index contributed by atoms with van der Waals surface area (Å²) in [4.78, 5) is 24.5. The van der Waals surface area contributed by atoms with Gasteiger partial charge in [-0.3, -0.25) is 14.8 Å². The van der Waals surface area contributed by atoms with Crippen molar-refractivity contribution in [2.45, 2.75) is 89.1 Å². The highest BCUT2D eigenvalue weighted by Gasteiger charge is 2.28. The number of hydrogen-bond donors (Lipinski definition) is 4. The van der Waals surface area contributed by atoms with E-state index < -0.39 is 11.9 Å². The zero-order chi connectivity index (χ0) is 27.9. The van der Waals surface area contributed by atoms with Gasteiger partial charge in [0.05, 0.1) is 11.0 Å². The predicted molar refractivity (Wildman–Crippen MR) is 155 cm³/mol. The van der Waals surface area contributed by atoms with Gasteiger partial charge in [0.25, 0.3) is 5.91 Å². The molecule has 3 aromatic rings. The highest BCUT2D eigenvalue weighted by molar-refractivity contribution is 7.20. The molecule has 8 nitrogen and oxygen atoms in total. The molecule has 5 N–H and O–H groups in total. The Balaban J connectivity index is 1.01. The van der Waals surface area contributed by atoms with Gasteiger partial charge in [-0.05, 0) is 104 Å². The van der Waals surface area contributed by atoms with Crippen molar-refractivity contribution in [3.8, 4) is 5.75 Å². The molecule has 9 heteroatoms. The van der Waals surface area contributed by atoms with Crippen molar-refractivity contribution in [2.24, 2.45) is 11.7 Å². The van der Waals surface area contributed by atoms with Crippen molar-refractivity contribution in [3.05, 3.63) is 64.5 Å². The van der Waals surface area contributed by atoms with Crippen LogP contribution in [0.25, 0.3) is 10.1 Å². The van der Waals surface area contributed by atoms with Crippen molar-refractivity contribution < 1.29 is 24.3 Å². The molecule has 1 heterocycles. The Labute approximate surface area is 239 Å². The van der Waals surface area contributed by atoms with E-state index in [-0.39, 0.29) is 18.2 Å². The van der Waals surface area contributed by atoms with Crippen LogP contribution in [0.5, 0.6) is 5.75 Å². The molecule has 2 aliphatic carbocycles. The Morgan fingerprint density at radius 1 is 0.925 bits per heavy atom. The lowest BCUT2D eigenvalue weighted by molar-refractivity contribution is -0.150. The number of fused-ring (bicyclic) bond motifs is 1. The van der Waals surface area contributed by atoms with Gasteiger partial charge < -0.3 is 20.5 Å². The molecule has 0 aliphatic heterocycles. The smallest absolute Gasteiger partial charge is 0.323 e. The fourth-order valence-electron chi connectivity index (χ4n) is 5.78. The number of ether oxygens (including phenoxy) is 2. The van der Waals surface area contributed by atoms with Gasteiger partial charge in [0.15, 0.2) is 0 Å². The number of hydroxylamine groups is 1. The number of esters is 1. The molecular weight excluding hydrogens is 526 g/mol. The first kappa shape index (κ1) is 28.5. The summed E-state index contributed by atoms with van der Waals surface area (Å²) in [5.41, 5.74) is 10.2. The second-order valence-corrected chi connectivity index (χ2v) is 12.2. The summed E-state index contributed by atoms with van der Waals surface area (Å²) in [6, 6.07) is 15.6. The molecule has 1 aromatic heterocycles. The Bertz CT molecular complexity index is 1280. The maximum Gasteiger partial charge on any atom is 0.323 e. The van der Waals surface area contributed by atoms with Crippen LogP contribution in [0.3, 0.4) is 0 Å². The summed E-state index contributed by atoms with van der Waals surface area (Å²) in [7, 11) is 0. The number of nitrogens with two attached hydrogens (primary N) is 1. The van der Waals surface area contributed by atoms with E-state index in [0.29, 0.717) is 23.8 Å². The molecule has 2 saturated carbocycles. The Morgan fingerprint density at radius 3 is 2.35 bits per heavy atom. The third kappa shape index (κ3) is 7.60. The van der Waals surface area contributed by atoms with Crippen LogP contribution in [0.4, 0.5) is 0 Å². The summed E-state index contributed by atoms with van der Waals surface area (Å²) < 4.78 is 12.9. The first-order valence-corrected chi connectivity index (χ1v) is 15.2. The van der Waals surface area contributed by atoms with Crippen LogP contribution in [0.2, 0.25) is 0 Å². The molecule has 5 rings (SSSR count). The molecule has 1 unspecified atom stereocenters.